The number of rotatable bonds is 2. The van der Waals surface area contributed by atoms with E-state index in [1.165, 1.54) is 0 Å². The van der Waals surface area contributed by atoms with Gasteiger partial charge >= 0.3 is 6.09 Å². The van der Waals surface area contributed by atoms with Gasteiger partial charge in [0.05, 0.1) is 24.5 Å². The standard InChI is InChI=1S/C12H18N4O2/c17-12-15(6-1-7-18-12)11-8-14-16(9-11)10-2-4-13-5-3-10/h8-10,13H,1-7H2. The van der Waals surface area contributed by atoms with E-state index in [-0.39, 0.29) is 6.09 Å². The Labute approximate surface area is 106 Å². The van der Waals surface area contributed by atoms with Gasteiger partial charge in [0.15, 0.2) is 0 Å². The van der Waals surface area contributed by atoms with E-state index in [0.717, 1.165) is 44.6 Å². The van der Waals surface area contributed by atoms with Gasteiger partial charge in [-0.1, -0.05) is 0 Å². The van der Waals surface area contributed by atoms with Crippen molar-refractivity contribution in [2.24, 2.45) is 0 Å². The maximum absolute atomic E-state index is 11.6. The molecule has 1 aromatic heterocycles. The summed E-state index contributed by atoms with van der Waals surface area (Å²) in [7, 11) is 0. The summed E-state index contributed by atoms with van der Waals surface area (Å²) in [6.07, 6.45) is 6.52. The first-order chi connectivity index (χ1) is 8.84. The summed E-state index contributed by atoms with van der Waals surface area (Å²) in [6.45, 7) is 3.31. The van der Waals surface area contributed by atoms with Crippen LogP contribution in [0.15, 0.2) is 12.4 Å². The summed E-state index contributed by atoms with van der Waals surface area (Å²) in [5.74, 6) is 0. The lowest BCUT2D eigenvalue weighted by atomic mass is 10.1. The Bertz CT molecular complexity index is 425. The van der Waals surface area contributed by atoms with Crippen LogP contribution in [0.3, 0.4) is 0 Å². The Morgan fingerprint density at radius 3 is 3.00 bits per heavy atom. The van der Waals surface area contributed by atoms with Gasteiger partial charge in [0, 0.05) is 12.7 Å². The molecule has 3 rings (SSSR count). The van der Waals surface area contributed by atoms with E-state index in [1.54, 1.807) is 11.1 Å². The molecule has 0 radical (unpaired) electrons. The molecule has 1 aromatic rings. The fraction of sp³-hybridized carbons (Fsp3) is 0.667. The Morgan fingerprint density at radius 2 is 2.22 bits per heavy atom. The number of carbonyl (C=O) groups excluding carboxylic acids is 1. The van der Waals surface area contributed by atoms with Crippen LogP contribution in [0.4, 0.5) is 10.5 Å². The van der Waals surface area contributed by atoms with Crippen LogP contribution in [0.25, 0.3) is 0 Å². The summed E-state index contributed by atoms with van der Waals surface area (Å²) in [4.78, 5) is 13.3. The van der Waals surface area contributed by atoms with Gasteiger partial charge in [0.2, 0.25) is 0 Å². The number of cyclic esters (lactones) is 1. The Balaban J connectivity index is 1.73. The summed E-state index contributed by atoms with van der Waals surface area (Å²) in [5, 5.41) is 7.73. The number of nitrogens with one attached hydrogen (secondary N) is 1. The molecule has 0 bridgehead atoms. The summed E-state index contributed by atoms with van der Waals surface area (Å²) in [5.41, 5.74) is 0.846. The highest BCUT2D eigenvalue weighted by Gasteiger charge is 2.24. The van der Waals surface area contributed by atoms with Crippen LogP contribution < -0.4 is 10.2 Å². The lowest BCUT2D eigenvalue weighted by Crippen LogP contribution is -2.37. The third-order valence-electron chi connectivity index (χ3n) is 3.55. The van der Waals surface area contributed by atoms with E-state index in [0.29, 0.717) is 12.6 Å². The van der Waals surface area contributed by atoms with Crippen molar-refractivity contribution in [1.29, 1.82) is 0 Å². The molecular weight excluding hydrogens is 232 g/mol. The molecule has 0 spiro atoms. The average Bonchev–Trinajstić information content (AvgIpc) is 2.90. The monoisotopic (exact) mass is 250 g/mol. The highest BCUT2D eigenvalue weighted by molar-refractivity contribution is 5.87. The lowest BCUT2D eigenvalue weighted by molar-refractivity contribution is 0.140. The van der Waals surface area contributed by atoms with Gasteiger partial charge in [-0.2, -0.15) is 5.10 Å². The average molecular weight is 250 g/mol. The van der Waals surface area contributed by atoms with Crippen LogP contribution in [0, 0.1) is 0 Å². The molecule has 2 aliphatic heterocycles. The van der Waals surface area contributed by atoms with Crippen molar-refractivity contribution in [1.82, 2.24) is 15.1 Å². The van der Waals surface area contributed by atoms with Gasteiger partial charge in [-0.15, -0.1) is 0 Å². The second-order valence-corrected chi connectivity index (χ2v) is 4.78. The molecule has 0 saturated carbocycles. The topological polar surface area (TPSA) is 59.4 Å². The minimum absolute atomic E-state index is 0.258. The summed E-state index contributed by atoms with van der Waals surface area (Å²) in [6, 6.07) is 0.445. The Kier molecular flexibility index (Phi) is 3.19. The van der Waals surface area contributed by atoms with Crippen LogP contribution in [-0.4, -0.2) is 42.1 Å². The maximum atomic E-state index is 11.6. The van der Waals surface area contributed by atoms with E-state index in [2.05, 4.69) is 10.4 Å². The van der Waals surface area contributed by atoms with Gasteiger partial charge in [0.1, 0.15) is 0 Å². The zero-order chi connectivity index (χ0) is 12.4. The Hall–Kier alpha value is -1.56. The van der Waals surface area contributed by atoms with Crippen molar-refractivity contribution >= 4 is 11.8 Å². The number of hydrogen-bond donors (Lipinski definition) is 1. The second-order valence-electron chi connectivity index (χ2n) is 4.78. The minimum Gasteiger partial charge on any atom is -0.449 e. The number of piperidine rings is 1. The first-order valence-electron chi connectivity index (χ1n) is 6.54. The number of amides is 1. The molecule has 2 aliphatic rings. The van der Waals surface area contributed by atoms with Gasteiger partial charge in [-0.3, -0.25) is 9.58 Å². The second kappa shape index (κ2) is 4.97. The molecule has 0 unspecified atom stereocenters. The van der Waals surface area contributed by atoms with E-state index in [1.807, 2.05) is 10.9 Å². The van der Waals surface area contributed by atoms with Crippen LogP contribution in [-0.2, 0) is 4.74 Å². The van der Waals surface area contributed by atoms with Crippen LogP contribution in [0.5, 0.6) is 0 Å². The highest BCUT2D eigenvalue weighted by atomic mass is 16.6. The van der Waals surface area contributed by atoms with Crippen LogP contribution >= 0.6 is 0 Å². The molecule has 6 nitrogen and oxygen atoms in total. The van der Waals surface area contributed by atoms with Crippen molar-refractivity contribution in [3.63, 3.8) is 0 Å². The lowest BCUT2D eigenvalue weighted by Gasteiger charge is -2.25. The molecule has 18 heavy (non-hydrogen) atoms. The maximum Gasteiger partial charge on any atom is 0.414 e. The zero-order valence-electron chi connectivity index (χ0n) is 10.3. The molecule has 3 heterocycles. The van der Waals surface area contributed by atoms with Gasteiger partial charge < -0.3 is 10.1 Å². The molecule has 98 valence electrons. The molecule has 1 amide bonds. The van der Waals surface area contributed by atoms with Crippen LogP contribution in [0.1, 0.15) is 25.3 Å². The molecule has 0 aliphatic carbocycles. The third kappa shape index (κ3) is 2.20. The molecule has 2 fully saturated rings. The predicted octanol–water partition coefficient (Wildman–Crippen LogP) is 1.15. The fourth-order valence-corrected chi connectivity index (χ4v) is 2.52. The van der Waals surface area contributed by atoms with Gasteiger partial charge in [-0.25, -0.2) is 4.79 Å². The number of carbonyl (C=O) groups is 1. The number of anilines is 1. The Morgan fingerprint density at radius 1 is 1.39 bits per heavy atom. The molecule has 2 saturated heterocycles. The first kappa shape index (κ1) is 11.5. The van der Waals surface area contributed by atoms with E-state index in [9.17, 15) is 4.79 Å². The molecule has 0 aromatic carbocycles. The fourth-order valence-electron chi connectivity index (χ4n) is 2.52. The van der Waals surface area contributed by atoms with Crippen molar-refractivity contribution in [2.45, 2.75) is 25.3 Å². The van der Waals surface area contributed by atoms with Crippen molar-refractivity contribution in [3.05, 3.63) is 12.4 Å². The largest absolute Gasteiger partial charge is 0.449 e. The SMILES string of the molecule is O=C1OCCCN1c1cnn(C2CCNCC2)c1. The highest BCUT2D eigenvalue weighted by Crippen LogP contribution is 2.23. The third-order valence-corrected chi connectivity index (χ3v) is 3.55. The van der Waals surface area contributed by atoms with Crippen molar-refractivity contribution in [3.8, 4) is 0 Å². The van der Waals surface area contributed by atoms with E-state index >= 15 is 0 Å². The first-order valence-corrected chi connectivity index (χ1v) is 6.54. The number of ether oxygens (including phenoxy) is 1. The van der Waals surface area contributed by atoms with Crippen molar-refractivity contribution < 1.29 is 9.53 Å². The summed E-state index contributed by atoms with van der Waals surface area (Å²) >= 11 is 0. The number of hydrogen-bond acceptors (Lipinski definition) is 4. The van der Waals surface area contributed by atoms with E-state index < -0.39 is 0 Å². The molecular formula is C12H18N4O2. The van der Waals surface area contributed by atoms with Gasteiger partial charge in [0.25, 0.3) is 0 Å². The summed E-state index contributed by atoms with van der Waals surface area (Å²) < 4.78 is 7.02. The van der Waals surface area contributed by atoms with Crippen LogP contribution in [0.2, 0.25) is 0 Å². The number of nitrogens with zero attached hydrogens (tertiary/aromatic N) is 3. The minimum atomic E-state index is -0.258. The normalized spacial score (nSPS) is 22.0. The number of aromatic nitrogens is 2. The quantitative estimate of drug-likeness (QED) is 0.855. The van der Waals surface area contributed by atoms with Gasteiger partial charge in [-0.05, 0) is 32.4 Å². The van der Waals surface area contributed by atoms with Crippen molar-refractivity contribution in [2.75, 3.05) is 31.1 Å². The molecule has 1 N–H and O–H groups in total. The molecule has 0 atom stereocenters. The predicted molar refractivity (Wildman–Crippen MR) is 66.7 cm³/mol. The molecule has 6 heteroatoms. The zero-order valence-corrected chi connectivity index (χ0v) is 10.3. The smallest absolute Gasteiger partial charge is 0.414 e. The van der Waals surface area contributed by atoms with E-state index in [4.69, 9.17) is 4.74 Å².